The smallest absolute Gasteiger partial charge is 0.271 e. The van der Waals surface area contributed by atoms with Gasteiger partial charge in [-0.2, -0.15) is 5.10 Å². The minimum atomic E-state index is -0.377. The van der Waals surface area contributed by atoms with Gasteiger partial charge in [-0.1, -0.05) is 18.2 Å². The first kappa shape index (κ1) is 21.1. The van der Waals surface area contributed by atoms with Gasteiger partial charge in [0.2, 0.25) is 0 Å². The van der Waals surface area contributed by atoms with Gasteiger partial charge in [0.05, 0.1) is 24.8 Å². The lowest BCUT2D eigenvalue weighted by Gasteiger charge is -2.09. The van der Waals surface area contributed by atoms with Gasteiger partial charge in [-0.05, 0) is 54.3 Å². The Morgan fingerprint density at radius 1 is 0.900 bits per heavy atom. The van der Waals surface area contributed by atoms with Crippen LogP contribution in [0.1, 0.15) is 32.5 Å². The Kier molecular flexibility index (Phi) is 6.82. The topological polar surface area (TPSA) is 89.0 Å². The molecular weight excluding hydrogens is 402 g/mol. The highest BCUT2D eigenvalue weighted by molar-refractivity contribution is 7.12. The molecular formula is C22H21N3O4S. The Balaban J connectivity index is 1.69. The van der Waals surface area contributed by atoms with Gasteiger partial charge in [-0.15, -0.1) is 11.3 Å². The number of benzene rings is 2. The van der Waals surface area contributed by atoms with E-state index in [-0.39, 0.29) is 11.8 Å². The second-order valence-electron chi connectivity index (χ2n) is 6.22. The molecule has 2 aromatic carbocycles. The molecule has 3 rings (SSSR count). The van der Waals surface area contributed by atoms with Gasteiger partial charge in [0.15, 0.2) is 11.5 Å². The molecule has 154 valence electrons. The number of hydrazone groups is 1. The molecule has 3 aromatic rings. The highest BCUT2D eigenvalue weighted by Crippen LogP contribution is 2.27. The monoisotopic (exact) mass is 423 g/mol. The summed E-state index contributed by atoms with van der Waals surface area (Å²) in [7, 11) is 3.04. The van der Waals surface area contributed by atoms with Crippen LogP contribution in [0.25, 0.3) is 0 Å². The number of anilines is 1. The first-order valence-electron chi connectivity index (χ1n) is 9.03. The molecule has 2 amide bonds. The Morgan fingerprint density at radius 2 is 1.70 bits per heavy atom. The largest absolute Gasteiger partial charge is 0.493 e. The first-order chi connectivity index (χ1) is 14.5. The SMILES string of the molecule is COc1ccc(C(=O)NN=C(C)c2cccc(NC(=O)c3cccs3)c2)cc1OC. The van der Waals surface area contributed by atoms with E-state index in [2.05, 4.69) is 15.8 Å². The van der Waals surface area contributed by atoms with Crippen LogP contribution in [0.3, 0.4) is 0 Å². The number of hydrogen-bond acceptors (Lipinski definition) is 6. The number of methoxy groups -OCH3 is 2. The molecule has 0 bridgehead atoms. The van der Waals surface area contributed by atoms with Crippen LogP contribution in [-0.2, 0) is 0 Å². The first-order valence-corrected chi connectivity index (χ1v) is 9.91. The van der Waals surface area contributed by atoms with E-state index < -0.39 is 0 Å². The molecule has 7 nitrogen and oxygen atoms in total. The molecule has 0 aliphatic rings. The summed E-state index contributed by atoms with van der Waals surface area (Å²) in [6.45, 7) is 1.77. The van der Waals surface area contributed by atoms with Gasteiger partial charge in [-0.25, -0.2) is 5.43 Å². The van der Waals surface area contributed by atoms with Crippen molar-refractivity contribution in [2.24, 2.45) is 5.10 Å². The number of thiophene rings is 1. The Hall–Kier alpha value is -3.65. The Morgan fingerprint density at radius 3 is 2.40 bits per heavy atom. The van der Waals surface area contributed by atoms with Crippen LogP contribution in [0, 0.1) is 0 Å². The molecule has 0 saturated heterocycles. The number of carbonyl (C=O) groups is 2. The minimum absolute atomic E-state index is 0.168. The van der Waals surface area contributed by atoms with E-state index in [0.717, 1.165) is 5.56 Å². The predicted octanol–water partition coefficient (Wildman–Crippen LogP) is 4.17. The van der Waals surface area contributed by atoms with Crippen LogP contribution in [0.2, 0.25) is 0 Å². The van der Waals surface area contributed by atoms with Crippen LogP contribution in [-0.4, -0.2) is 31.7 Å². The fourth-order valence-corrected chi connectivity index (χ4v) is 3.28. The van der Waals surface area contributed by atoms with Gasteiger partial charge >= 0.3 is 0 Å². The van der Waals surface area contributed by atoms with Gasteiger partial charge in [-0.3, -0.25) is 9.59 Å². The van der Waals surface area contributed by atoms with Crippen molar-refractivity contribution in [3.8, 4) is 11.5 Å². The molecule has 0 aliphatic heterocycles. The zero-order valence-corrected chi connectivity index (χ0v) is 17.6. The molecule has 0 saturated carbocycles. The third-order valence-corrected chi connectivity index (χ3v) is 5.12. The summed E-state index contributed by atoms with van der Waals surface area (Å²) in [6, 6.07) is 15.7. The highest BCUT2D eigenvalue weighted by atomic mass is 32.1. The lowest BCUT2D eigenvalue weighted by molar-refractivity contribution is 0.0953. The van der Waals surface area contributed by atoms with E-state index in [4.69, 9.17) is 9.47 Å². The second kappa shape index (κ2) is 9.71. The van der Waals surface area contributed by atoms with Crippen LogP contribution >= 0.6 is 11.3 Å². The maximum atomic E-state index is 12.4. The summed E-state index contributed by atoms with van der Waals surface area (Å²) in [4.78, 5) is 25.3. The van der Waals surface area contributed by atoms with Gasteiger partial charge in [0, 0.05) is 11.3 Å². The number of carbonyl (C=O) groups excluding carboxylic acids is 2. The van der Waals surface area contributed by atoms with Crippen LogP contribution < -0.4 is 20.2 Å². The number of ether oxygens (including phenoxy) is 2. The van der Waals surface area contributed by atoms with Crippen LogP contribution in [0.4, 0.5) is 5.69 Å². The normalized spacial score (nSPS) is 11.0. The number of nitrogens with zero attached hydrogens (tertiary/aromatic N) is 1. The van der Waals surface area contributed by atoms with Crippen LogP contribution in [0.15, 0.2) is 65.1 Å². The fraction of sp³-hybridized carbons (Fsp3) is 0.136. The number of hydrogen-bond donors (Lipinski definition) is 2. The molecule has 0 aliphatic carbocycles. The van der Waals surface area contributed by atoms with Crippen LogP contribution in [0.5, 0.6) is 11.5 Å². The molecule has 0 fully saturated rings. The van der Waals surface area contributed by atoms with Gasteiger partial charge in [0.1, 0.15) is 0 Å². The maximum Gasteiger partial charge on any atom is 0.271 e. The standard InChI is InChI=1S/C22H21N3O4S/c1-14(24-25-21(26)16-9-10-18(28-2)19(13-16)29-3)15-6-4-7-17(12-15)23-22(27)20-8-5-11-30-20/h4-13H,1-3H3,(H,23,27)(H,25,26). The summed E-state index contributed by atoms with van der Waals surface area (Å²) in [6.07, 6.45) is 0. The molecule has 1 heterocycles. The Labute approximate surface area is 178 Å². The lowest BCUT2D eigenvalue weighted by atomic mass is 10.1. The van der Waals surface area contributed by atoms with Gasteiger partial charge < -0.3 is 14.8 Å². The van der Waals surface area contributed by atoms with Crippen molar-refractivity contribution in [2.45, 2.75) is 6.92 Å². The number of nitrogens with one attached hydrogen (secondary N) is 2. The summed E-state index contributed by atoms with van der Waals surface area (Å²) >= 11 is 1.37. The molecule has 30 heavy (non-hydrogen) atoms. The van der Waals surface area contributed by atoms with Gasteiger partial charge in [0.25, 0.3) is 11.8 Å². The Bertz CT molecular complexity index is 1080. The van der Waals surface area contributed by atoms with E-state index >= 15 is 0 Å². The van der Waals surface area contributed by atoms with Crippen molar-refractivity contribution in [2.75, 3.05) is 19.5 Å². The molecule has 0 spiro atoms. The zero-order valence-electron chi connectivity index (χ0n) is 16.8. The van der Waals surface area contributed by atoms with Crippen molar-refractivity contribution in [1.29, 1.82) is 0 Å². The quantitative estimate of drug-likeness (QED) is 0.441. The van der Waals surface area contributed by atoms with E-state index in [9.17, 15) is 9.59 Å². The summed E-state index contributed by atoms with van der Waals surface area (Å²) in [5.41, 5.74) is 4.93. The third-order valence-electron chi connectivity index (χ3n) is 4.25. The number of rotatable bonds is 7. The number of amides is 2. The molecule has 2 N–H and O–H groups in total. The van der Waals surface area contributed by atoms with E-state index in [1.807, 2.05) is 23.6 Å². The summed E-state index contributed by atoms with van der Waals surface area (Å²) in [5.74, 6) is 0.450. The predicted molar refractivity (Wildman–Crippen MR) is 118 cm³/mol. The highest BCUT2D eigenvalue weighted by Gasteiger charge is 2.11. The van der Waals surface area contributed by atoms with Crippen molar-refractivity contribution < 1.29 is 19.1 Å². The van der Waals surface area contributed by atoms with E-state index in [1.54, 1.807) is 43.3 Å². The van der Waals surface area contributed by atoms with E-state index in [1.165, 1.54) is 25.6 Å². The fourth-order valence-electron chi connectivity index (χ4n) is 2.66. The summed E-state index contributed by atoms with van der Waals surface area (Å²) in [5, 5.41) is 8.88. The lowest BCUT2D eigenvalue weighted by Crippen LogP contribution is -2.19. The van der Waals surface area contributed by atoms with Crippen molar-refractivity contribution in [3.05, 3.63) is 76.0 Å². The molecule has 1 aromatic heterocycles. The van der Waals surface area contributed by atoms with Crippen molar-refractivity contribution in [1.82, 2.24) is 5.43 Å². The van der Waals surface area contributed by atoms with Crippen molar-refractivity contribution in [3.63, 3.8) is 0 Å². The van der Waals surface area contributed by atoms with E-state index in [0.29, 0.717) is 33.3 Å². The molecule has 0 atom stereocenters. The average molecular weight is 423 g/mol. The molecule has 8 heteroatoms. The third kappa shape index (κ3) is 5.03. The summed E-state index contributed by atoms with van der Waals surface area (Å²) < 4.78 is 10.4. The minimum Gasteiger partial charge on any atom is -0.493 e. The average Bonchev–Trinajstić information content (AvgIpc) is 3.32. The second-order valence-corrected chi connectivity index (χ2v) is 7.17. The zero-order chi connectivity index (χ0) is 21.5. The maximum absolute atomic E-state index is 12.4. The molecule has 0 unspecified atom stereocenters. The molecule has 0 radical (unpaired) electrons. The van der Waals surface area contributed by atoms with Crippen molar-refractivity contribution >= 4 is 34.6 Å².